The minimum atomic E-state index is -0.280. The minimum Gasteiger partial charge on any atom is -0.320 e. The Kier molecular flexibility index (Phi) is 3.74. The standard InChI is InChI=1S/C13H17FN2O/c1-15-7-2-8-16-12-9-11(14)5-3-10(12)4-6-13(16)17/h3,5,9,15H,2,4,6-8H2,1H3. The molecule has 0 atom stereocenters. The van der Waals surface area contributed by atoms with Crippen molar-refractivity contribution in [2.45, 2.75) is 19.3 Å². The maximum absolute atomic E-state index is 13.2. The van der Waals surface area contributed by atoms with Crippen LogP contribution in [0.3, 0.4) is 0 Å². The highest BCUT2D eigenvalue weighted by Crippen LogP contribution is 2.28. The van der Waals surface area contributed by atoms with Crippen LogP contribution in [0, 0.1) is 5.82 Å². The van der Waals surface area contributed by atoms with Crippen LogP contribution in [0.2, 0.25) is 0 Å². The minimum absolute atomic E-state index is 0.0965. The normalized spacial score (nSPS) is 14.9. The molecule has 0 fully saturated rings. The first kappa shape index (κ1) is 12.0. The number of anilines is 1. The summed E-state index contributed by atoms with van der Waals surface area (Å²) < 4.78 is 13.2. The molecular weight excluding hydrogens is 219 g/mol. The number of amides is 1. The van der Waals surface area contributed by atoms with Crippen molar-refractivity contribution in [1.82, 2.24) is 5.32 Å². The topological polar surface area (TPSA) is 32.3 Å². The third kappa shape index (κ3) is 2.64. The molecule has 1 aliphatic heterocycles. The number of nitrogens with zero attached hydrogens (tertiary/aromatic N) is 1. The van der Waals surface area contributed by atoms with E-state index in [-0.39, 0.29) is 11.7 Å². The van der Waals surface area contributed by atoms with Crippen molar-refractivity contribution >= 4 is 11.6 Å². The van der Waals surface area contributed by atoms with E-state index in [2.05, 4.69) is 5.32 Å². The van der Waals surface area contributed by atoms with Gasteiger partial charge in [0, 0.05) is 18.7 Å². The van der Waals surface area contributed by atoms with Gasteiger partial charge in [-0.25, -0.2) is 4.39 Å². The highest BCUT2D eigenvalue weighted by atomic mass is 19.1. The van der Waals surface area contributed by atoms with E-state index in [9.17, 15) is 9.18 Å². The fraction of sp³-hybridized carbons (Fsp3) is 0.462. The Morgan fingerprint density at radius 2 is 2.24 bits per heavy atom. The van der Waals surface area contributed by atoms with Crippen LogP contribution in [0.25, 0.3) is 0 Å². The summed E-state index contributed by atoms with van der Waals surface area (Å²) in [5, 5.41) is 3.05. The van der Waals surface area contributed by atoms with Gasteiger partial charge < -0.3 is 10.2 Å². The largest absolute Gasteiger partial charge is 0.320 e. The first-order valence-corrected chi connectivity index (χ1v) is 5.96. The number of halogens is 1. The molecule has 2 rings (SSSR count). The number of benzene rings is 1. The molecule has 17 heavy (non-hydrogen) atoms. The zero-order valence-corrected chi connectivity index (χ0v) is 10.0. The predicted octanol–water partition coefficient (Wildman–Crippen LogP) is 1.71. The maximum atomic E-state index is 13.2. The monoisotopic (exact) mass is 236 g/mol. The molecule has 1 heterocycles. The van der Waals surface area contributed by atoms with E-state index < -0.39 is 0 Å². The Morgan fingerprint density at radius 3 is 3.00 bits per heavy atom. The molecule has 0 spiro atoms. The average molecular weight is 236 g/mol. The second kappa shape index (κ2) is 5.27. The van der Waals surface area contributed by atoms with Gasteiger partial charge in [0.15, 0.2) is 0 Å². The highest BCUT2D eigenvalue weighted by molar-refractivity contribution is 5.96. The van der Waals surface area contributed by atoms with Crippen LogP contribution >= 0.6 is 0 Å². The third-order valence-corrected chi connectivity index (χ3v) is 3.06. The number of fused-ring (bicyclic) bond motifs is 1. The summed E-state index contributed by atoms with van der Waals surface area (Å²) in [6, 6.07) is 4.70. The Bertz CT molecular complexity index is 420. The van der Waals surface area contributed by atoms with Crippen LogP contribution in [0.1, 0.15) is 18.4 Å². The Labute approximate surface area is 101 Å². The smallest absolute Gasteiger partial charge is 0.227 e. The number of aryl methyl sites for hydroxylation is 1. The first-order chi connectivity index (χ1) is 8.22. The number of nitrogens with one attached hydrogen (secondary N) is 1. The van der Waals surface area contributed by atoms with Gasteiger partial charge in [-0.05, 0) is 44.1 Å². The van der Waals surface area contributed by atoms with Crippen LogP contribution in [-0.2, 0) is 11.2 Å². The van der Waals surface area contributed by atoms with E-state index in [4.69, 9.17) is 0 Å². The van der Waals surface area contributed by atoms with Gasteiger partial charge in [-0.2, -0.15) is 0 Å². The van der Waals surface area contributed by atoms with Gasteiger partial charge in [-0.3, -0.25) is 4.79 Å². The summed E-state index contributed by atoms with van der Waals surface area (Å²) in [5.41, 5.74) is 1.81. The molecule has 0 aromatic heterocycles. The van der Waals surface area contributed by atoms with E-state index in [0.29, 0.717) is 13.0 Å². The summed E-state index contributed by atoms with van der Waals surface area (Å²) in [5.74, 6) is -0.184. The third-order valence-electron chi connectivity index (χ3n) is 3.06. The zero-order chi connectivity index (χ0) is 12.3. The van der Waals surface area contributed by atoms with Gasteiger partial charge in [-0.15, -0.1) is 0 Å². The van der Waals surface area contributed by atoms with Gasteiger partial charge in [0.1, 0.15) is 5.82 Å². The lowest BCUT2D eigenvalue weighted by atomic mass is 10.0. The summed E-state index contributed by atoms with van der Waals surface area (Å²) >= 11 is 0. The summed E-state index contributed by atoms with van der Waals surface area (Å²) in [6.45, 7) is 1.50. The number of hydrogen-bond donors (Lipinski definition) is 1. The van der Waals surface area contributed by atoms with Gasteiger partial charge in [0.25, 0.3) is 0 Å². The zero-order valence-electron chi connectivity index (χ0n) is 10.0. The number of rotatable bonds is 4. The van der Waals surface area contributed by atoms with E-state index in [1.807, 2.05) is 7.05 Å². The molecule has 1 aromatic rings. The predicted molar refractivity (Wildman–Crippen MR) is 65.6 cm³/mol. The van der Waals surface area contributed by atoms with Gasteiger partial charge >= 0.3 is 0 Å². The lowest BCUT2D eigenvalue weighted by Gasteiger charge is -2.29. The lowest BCUT2D eigenvalue weighted by molar-refractivity contribution is -0.118. The van der Waals surface area contributed by atoms with Crippen molar-refractivity contribution in [3.05, 3.63) is 29.6 Å². The molecule has 0 aliphatic carbocycles. The second-order valence-electron chi connectivity index (χ2n) is 4.28. The van der Waals surface area contributed by atoms with Crippen molar-refractivity contribution in [3.63, 3.8) is 0 Å². The van der Waals surface area contributed by atoms with Crippen molar-refractivity contribution < 1.29 is 9.18 Å². The van der Waals surface area contributed by atoms with Crippen LogP contribution in [0.4, 0.5) is 10.1 Å². The van der Waals surface area contributed by atoms with Crippen LogP contribution < -0.4 is 10.2 Å². The molecule has 0 bridgehead atoms. The van der Waals surface area contributed by atoms with Gasteiger partial charge in [0.2, 0.25) is 5.91 Å². The van der Waals surface area contributed by atoms with Gasteiger partial charge in [-0.1, -0.05) is 6.07 Å². The molecule has 0 saturated carbocycles. The number of carbonyl (C=O) groups is 1. The molecule has 3 nitrogen and oxygen atoms in total. The molecule has 1 amide bonds. The van der Waals surface area contributed by atoms with Crippen LogP contribution in [-0.4, -0.2) is 26.0 Å². The molecule has 1 aromatic carbocycles. The number of hydrogen-bond acceptors (Lipinski definition) is 2. The van der Waals surface area contributed by atoms with Gasteiger partial charge in [0.05, 0.1) is 0 Å². The fourth-order valence-electron chi connectivity index (χ4n) is 2.17. The van der Waals surface area contributed by atoms with Crippen LogP contribution in [0.5, 0.6) is 0 Å². The SMILES string of the molecule is CNCCCN1C(=O)CCc2ccc(F)cc21. The molecule has 1 aliphatic rings. The maximum Gasteiger partial charge on any atom is 0.227 e. The Morgan fingerprint density at radius 1 is 1.41 bits per heavy atom. The number of carbonyl (C=O) groups excluding carboxylic acids is 1. The van der Waals surface area contributed by atoms with Crippen LogP contribution in [0.15, 0.2) is 18.2 Å². The van der Waals surface area contributed by atoms with Crippen molar-refractivity contribution in [2.75, 3.05) is 25.0 Å². The highest BCUT2D eigenvalue weighted by Gasteiger charge is 2.23. The van der Waals surface area contributed by atoms with E-state index in [1.165, 1.54) is 12.1 Å². The van der Waals surface area contributed by atoms with Crippen molar-refractivity contribution in [2.24, 2.45) is 0 Å². The summed E-state index contributed by atoms with van der Waals surface area (Å²) in [6.07, 6.45) is 2.12. The van der Waals surface area contributed by atoms with E-state index in [0.717, 1.165) is 30.6 Å². The molecule has 4 heteroatoms. The molecular formula is C13H17FN2O. The van der Waals surface area contributed by atoms with Crippen molar-refractivity contribution in [3.8, 4) is 0 Å². The molecule has 92 valence electrons. The fourth-order valence-corrected chi connectivity index (χ4v) is 2.17. The van der Waals surface area contributed by atoms with E-state index in [1.54, 1.807) is 11.0 Å². The Hall–Kier alpha value is -1.42. The van der Waals surface area contributed by atoms with E-state index >= 15 is 0 Å². The van der Waals surface area contributed by atoms with Crippen molar-refractivity contribution in [1.29, 1.82) is 0 Å². The summed E-state index contributed by atoms with van der Waals surface area (Å²) in [4.78, 5) is 13.6. The molecule has 0 saturated heterocycles. The molecule has 0 radical (unpaired) electrons. The first-order valence-electron chi connectivity index (χ1n) is 5.96. The summed E-state index contributed by atoms with van der Waals surface area (Å²) in [7, 11) is 1.88. The lowest BCUT2D eigenvalue weighted by Crippen LogP contribution is -2.36. The molecule has 0 unspecified atom stereocenters. The second-order valence-corrected chi connectivity index (χ2v) is 4.28. The quantitative estimate of drug-likeness (QED) is 0.807. The molecule has 1 N–H and O–H groups in total. The average Bonchev–Trinajstić information content (AvgIpc) is 2.32. The Balaban J connectivity index is 2.20.